The molecule has 0 radical (unpaired) electrons. The highest BCUT2D eigenvalue weighted by atomic mass is 35.5. The van der Waals surface area contributed by atoms with Gasteiger partial charge in [-0.05, 0) is 25.0 Å². The summed E-state index contributed by atoms with van der Waals surface area (Å²) in [6, 6.07) is 5.64. The van der Waals surface area contributed by atoms with E-state index in [0.717, 1.165) is 35.2 Å². The SMILES string of the molecule is OCc1cn(Cc2noc(C3CC3)n2)c2cc(Cl)ccc12. The number of rotatable bonds is 4. The van der Waals surface area contributed by atoms with Gasteiger partial charge in [-0.1, -0.05) is 22.8 Å². The summed E-state index contributed by atoms with van der Waals surface area (Å²) < 4.78 is 7.27. The first-order chi connectivity index (χ1) is 10.2. The van der Waals surface area contributed by atoms with Crippen molar-refractivity contribution in [1.82, 2.24) is 14.7 Å². The summed E-state index contributed by atoms with van der Waals surface area (Å²) in [6.45, 7) is 0.498. The van der Waals surface area contributed by atoms with Gasteiger partial charge in [0.2, 0.25) is 5.89 Å². The third-order valence-electron chi connectivity index (χ3n) is 3.82. The number of fused-ring (bicyclic) bond motifs is 1. The number of aromatic nitrogens is 3. The number of nitrogens with zero attached hydrogens (tertiary/aromatic N) is 3. The molecular formula is C15H14ClN3O2. The molecule has 2 aromatic heterocycles. The summed E-state index contributed by atoms with van der Waals surface area (Å²) in [5, 5.41) is 15.2. The number of hydrogen-bond donors (Lipinski definition) is 1. The van der Waals surface area contributed by atoms with Crippen LogP contribution in [-0.2, 0) is 13.2 Å². The molecule has 4 rings (SSSR count). The summed E-state index contributed by atoms with van der Waals surface area (Å²) >= 11 is 6.07. The van der Waals surface area contributed by atoms with E-state index in [1.165, 1.54) is 0 Å². The van der Waals surface area contributed by atoms with Gasteiger partial charge in [-0.25, -0.2) is 0 Å². The molecule has 1 aliphatic carbocycles. The highest BCUT2D eigenvalue weighted by Crippen LogP contribution is 2.38. The highest BCUT2D eigenvalue weighted by Gasteiger charge is 2.29. The zero-order valence-corrected chi connectivity index (χ0v) is 12.0. The lowest BCUT2D eigenvalue weighted by Gasteiger charge is -2.01. The maximum atomic E-state index is 9.47. The average molecular weight is 304 g/mol. The zero-order chi connectivity index (χ0) is 14.4. The minimum absolute atomic E-state index is 0.00923. The van der Waals surface area contributed by atoms with Crippen molar-refractivity contribution in [2.75, 3.05) is 0 Å². The Hall–Kier alpha value is -1.85. The molecule has 1 aromatic carbocycles. The van der Waals surface area contributed by atoms with Gasteiger partial charge in [0.1, 0.15) is 0 Å². The molecule has 0 aliphatic heterocycles. The molecule has 0 saturated heterocycles. The molecular weight excluding hydrogens is 290 g/mol. The first-order valence-electron chi connectivity index (χ1n) is 6.95. The molecule has 0 unspecified atom stereocenters. The summed E-state index contributed by atoms with van der Waals surface area (Å²) in [6.07, 6.45) is 4.19. The van der Waals surface area contributed by atoms with Crippen molar-refractivity contribution in [1.29, 1.82) is 0 Å². The van der Waals surface area contributed by atoms with Gasteiger partial charge in [0.15, 0.2) is 5.82 Å². The minimum atomic E-state index is -0.00923. The van der Waals surface area contributed by atoms with E-state index in [9.17, 15) is 5.11 Å². The van der Waals surface area contributed by atoms with Crippen molar-refractivity contribution in [2.24, 2.45) is 0 Å². The fourth-order valence-electron chi connectivity index (χ4n) is 2.58. The minimum Gasteiger partial charge on any atom is -0.392 e. The van der Waals surface area contributed by atoms with E-state index in [-0.39, 0.29) is 6.61 Å². The van der Waals surface area contributed by atoms with E-state index < -0.39 is 0 Å². The summed E-state index contributed by atoms with van der Waals surface area (Å²) in [5.74, 6) is 1.84. The number of halogens is 1. The van der Waals surface area contributed by atoms with Gasteiger partial charge in [0, 0.05) is 28.1 Å². The highest BCUT2D eigenvalue weighted by molar-refractivity contribution is 6.31. The maximum absolute atomic E-state index is 9.47. The summed E-state index contributed by atoms with van der Waals surface area (Å²) in [5.41, 5.74) is 1.83. The lowest BCUT2D eigenvalue weighted by molar-refractivity contribution is 0.283. The molecule has 2 heterocycles. The van der Waals surface area contributed by atoms with E-state index in [1.807, 2.05) is 29.0 Å². The second-order valence-electron chi connectivity index (χ2n) is 5.42. The molecule has 0 spiro atoms. The van der Waals surface area contributed by atoms with E-state index >= 15 is 0 Å². The summed E-state index contributed by atoms with van der Waals surface area (Å²) in [7, 11) is 0. The second-order valence-corrected chi connectivity index (χ2v) is 5.86. The fraction of sp³-hybridized carbons (Fsp3) is 0.333. The van der Waals surface area contributed by atoms with Crippen LogP contribution in [0, 0.1) is 0 Å². The van der Waals surface area contributed by atoms with Crippen molar-refractivity contribution in [3.63, 3.8) is 0 Å². The van der Waals surface area contributed by atoms with Crippen LogP contribution in [-0.4, -0.2) is 19.8 Å². The topological polar surface area (TPSA) is 64.1 Å². The largest absolute Gasteiger partial charge is 0.392 e. The Bertz CT molecular complexity index is 804. The first kappa shape index (κ1) is 12.9. The quantitative estimate of drug-likeness (QED) is 0.804. The van der Waals surface area contributed by atoms with Crippen molar-refractivity contribution < 1.29 is 9.63 Å². The molecule has 0 amide bonds. The smallest absolute Gasteiger partial charge is 0.229 e. The van der Waals surface area contributed by atoms with Crippen molar-refractivity contribution in [3.05, 3.63) is 46.7 Å². The molecule has 5 nitrogen and oxygen atoms in total. The van der Waals surface area contributed by atoms with Crippen molar-refractivity contribution >= 4 is 22.5 Å². The van der Waals surface area contributed by atoms with Crippen LogP contribution in [0.3, 0.4) is 0 Å². The molecule has 0 bridgehead atoms. The average Bonchev–Trinajstić information content (AvgIpc) is 3.14. The van der Waals surface area contributed by atoms with Gasteiger partial charge in [-0.3, -0.25) is 0 Å². The molecule has 1 saturated carbocycles. The Balaban J connectivity index is 1.72. The van der Waals surface area contributed by atoms with Crippen LogP contribution in [0.15, 0.2) is 28.9 Å². The Morgan fingerprint density at radius 1 is 1.38 bits per heavy atom. The Kier molecular flexibility index (Phi) is 2.97. The van der Waals surface area contributed by atoms with Crippen LogP contribution in [0.25, 0.3) is 10.9 Å². The van der Waals surface area contributed by atoms with E-state index in [4.69, 9.17) is 16.1 Å². The fourth-order valence-corrected chi connectivity index (χ4v) is 2.74. The lowest BCUT2D eigenvalue weighted by atomic mass is 10.2. The Morgan fingerprint density at radius 3 is 3.00 bits per heavy atom. The van der Waals surface area contributed by atoms with Crippen molar-refractivity contribution in [2.45, 2.75) is 31.9 Å². The predicted octanol–water partition coefficient (Wildman–Crippen LogP) is 3.10. The van der Waals surface area contributed by atoms with Crippen LogP contribution >= 0.6 is 11.6 Å². The molecule has 108 valence electrons. The van der Waals surface area contributed by atoms with Crippen LogP contribution in [0.1, 0.15) is 36.0 Å². The van der Waals surface area contributed by atoms with Gasteiger partial charge in [0.05, 0.1) is 18.7 Å². The van der Waals surface area contributed by atoms with Crippen molar-refractivity contribution in [3.8, 4) is 0 Å². The van der Waals surface area contributed by atoms with Crippen LogP contribution < -0.4 is 0 Å². The Morgan fingerprint density at radius 2 is 2.24 bits per heavy atom. The molecule has 3 aromatic rings. The van der Waals surface area contributed by atoms with Gasteiger partial charge >= 0.3 is 0 Å². The van der Waals surface area contributed by atoms with E-state index in [2.05, 4.69) is 10.1 Å². The van der Waals surface area contributed by atoms with Gasteiger partial charge in [-0.15, -0.1) is 0 Å². The Labute approximate surface area is 126 Å². The molecule has 21 heavy (non-hydrogen) atoms. The van der Waals surface area contributed by atoms with Gasteiger partial charge in [-0.2, -0.15) is 4.98 Å². The third kappa shape index (κ3) is 2.32. The zero-order valence-electron chi connectivity index (χ0n) is 11.3. The number of hydrogen-bond acceptors (Lipinski definition) is 4. The van der Waals surface area contributed by atoms with Crippen LogP contribution in [0.5, 0.6) is 0 Å². The van der Waals surface area contributed by atoms with Gasteiger partial charge < -0.3 is 14.2 Å². The maximum Gasteiger partial charge on any atom is 0.229 e. The standard InChI is InChI=1S/C15H14ClN3O2/c16-11-3-4-12-10(8-20)6-19(13(12)5-11)7-14-17-15(21-18-14)9-1-2-9/h3-6,9,20H,1-2,7-8H2. The molecule has 0 atom stereocenters. The molecule has 1 aliphatic rings. The van der Waals surface area contributed by atoms with Gasteiger partial charge in [0.25, 0.3) is 0 Å². The van der Waals surface area contributed by atoms with Crippen LogP contribution in [0.4, 0.5) is 0 Å². The van der Waals surface area contributed by atoms with E-state index in [0.29, 0.717) is 23.3 Å². The third-order valence-corrected chi connectivity index (χ3v) is 4.05. The van der Waals surface area contributed by atoms with Crippen LogP contribution in [0.2, 0.25) is 5.02 Å². The predicted molar refractivity (Wildman–Crippen MR) is 78.2 cm³/mol. The summed E-state index contributed by atoms with van der Waals surface area (Å²) in [4.78, 5) is 4.44. The lowest BCUT2D eigenvalue weighted by Crippen LogP contribution is -2.00. The first-order valence-corrected chi connectivity index (χ1v) is 7.33. The monoisotopic (exact) mass is 303 g/mol. The number of aliphatic hydroxyl groups excluding tert-OH is 1. The van der Waals surface area contributed by atoms with E-state index in [1.54, 1.807) is 0 Å². The molecule has 1 fully saturated rings. The number of benzene rings is 1. The molecule has 1 N–H and O–H groups in total. The number of aliphatic hydroxyl groups is 1. The normalized spacial score (nSPS) is 15.0. The molecule has 6 heteroatoms. The second kappa shape index (κ2) is 4.86.